The minimum Gasteiger partial charge on any atom is -0.370 e. The highest BCUT2D eigenvalue weighted by atomic mass is 16.7. The summed E-state index contributed by atoms with van der Waals surface area (Å²) < 4.78 is 0. The number of guanidine groups is 1. The van der Waals surface area contributed by atoms with Crippen molar-refractivity contribution in [3.05, 3.63) is 0 Å². The molecule has 1 aliphatic heterocycles. The highest BCUT2D eigenvalue weighted by Gasteiger charge is 2.32. The number of nitrogens with one attached hydrogen (secondary N) is 1. The Morgan fingerprint density at radius 3 is 2.33 bits per heavy atom. The molecule has 1 rings (SSSR count). The first-order chi connectivity index (χ1) is 14.1. The number of nitrogens with zero attached hydrogens (tertiary/aromatic N) is 2. The van der Waals surface area contributed by atoms with Crippen LogP contribution in [0.2, 0.25) is 0 Å². The van der Waals surface area contributed by atoms with Gasteiger partial charge in [0, 0.05) is 38.1 Å². The number of nitrogens with two attached hydrogens (primary N) is 2. The Labute approximate surface area is 173 Å². The van der Waals surface area contributed by atoms with E-state index in [-0.39, 0.29) is 50.4 Å². The van der Waals surface area contributed by atoms with Crippen molar-refractivity contribution in [3.63, 3.8) is 0 Å². The van der Waals surface area contributed by atoms with Crippen LogP contribution in [0.3, 0.4) is 0 Å². The summed E-state index contributed by atoms with van der Waals surface area (Å²) in [6.07, 6.45) is 0.233. The van der Waals surface area contributed by atoms with Crippen LogP contribution in [0, 0.1) is 5.92 Å². The molecule has 1 atom stereocenters. The number of rotatable bonds is 13. The van der Waals surface area contributed by atoms with Crippen LogP contribution in [-0.2, 0) is 33.6 Å². The van der Waals surface area contributed by atoms with Crippen molar-refractivity contribution in [2.24, 2.45) is 22.4 Å². The number of hydrogen-bond acceptors (Lipinski definition) is 8. The topological polar surface area (TPSA) is 191 Å². The Bertz CT molecular complexity index is 714. The van der Waals surface area contributed by atoms with E-state index in [1.54, 1.807) is 0 Å². The average molecular weight is 426 g/mol. The summed E-state index contributed by atoms with van der Waals surface area (Å²) in [6.45, 7) is 1.35. The summed E-state index contributed by atoms with van der Waals surface area (Å²) in [7, 11) is 0. The largest absolute Gasteiger partial charge is 0.370 e. The number of carbonyl (C=O) groups is 6. The fourth-order valence-electron chi connectivity index (χ4n) is 2.68. The molecule has 0 bridgehead atoms. The lowest BCUT2D eigenvalue weighted by Crippen LogP contribution is -2.36. The molecule has 0 aromatic rings. The average Bonchev–Trinajstić information content (AvgIpc) is 2.98. The van der Waals surface area contributed by atoms with Gasteiger partial charge in [-0.05, 0) is 19.8 Å². The zero-order valence-corrected chi connectivity index (χ0v) is 16.8. The number of ketones is 2. The lowest BCUT2D eigenvalue weighted by molar-refractivity contribution is -0.197. The number of aliphatic imine (C=N–C) groups is 1. The van der Waals surface area contributed by atoms with Crippen molar-refractivity contribution in [1.82, 2.24) is 10.4 Å². The van der Waals surface area contributed by atoms with Crippen molar-refractivity contribution < 1.29 is 33.6 Å². The van der Waals surface area contributed by atoms with Gasteiger partial charge in [-0.3, -0.25) is 24.2 Å². The maximum Gasteiger partial charge on any atom is 0.333 e. The van der Waals surface area contributed by atoms with E-state index in [9.17, 15) is 28.8 Å². The molecule has 12 nitrogen and oxygen atoms in total. The Kier molecular flexibility index (Phi) is 10.1. The maximum absolute atomic E-state index is 12.3. The monoisotopic (exact) mass is 426 g/mol. The van der Waals surface area contributed by atoms with Crippen LogP contribution in [0.25, 0.3) is 0 Å². The van der Waals surface area contributed by atoms with E-state index < -0.39 is 35.4 Å². The molecule has 1 unspecified atom stereocenters. The summed E-state index contributed by atoms with van der Waals surface area (Å²) in [4.78, 5) is 78.5. The van der Waals surface area contributed by atoms with Gasteiger partial charge in [-0.25, -0.2) is 4.79 Å². The molecule has 0 aromatic heterocycles. The van der Waals surface area contributed by atoms with Crippen LogP contribution in [0.5, 0.6) is 0 Å². The molecule has 0 radical (unpaired) electrons. The minimum atomic E-state index is -0.896. The van der Waals surface area contributed by atoms with Gasteiger partial charge in [0.15, 0.2) is 11.7 Å². The normalized spacial score (nSPS) is 14.2. The molecule has 1 heterocycles. The summed E-state index contributed by atoms with van der Waals surface area (Å²) in [5.74, 6) is -3.87. The summed E-state index contributed by atoms with van der Waals surface area (Å²) in [5, 5.41) is 2.86. The third-order valence-electron chi connectivity index (χ3n) is 4.18. The van der Waals surface area contributed by atoms with Crippen molar-refractivity contribution >= 4 is 41.2 Å². The fourth-order valence-corrected chi connectivity index (χ4v) is 2.68. The van der Waals surface area contributed by atoms with Crippen LogP contribution in [0.4, 0.5) is 0 Å². The van der Waals surface area contributed by atoms with Gasteiger partial charge in [0.1, 0.15) is 5.78 Å². The van der Waals surface area contributed by atoms with Gasteiger partial charge in [-0.15, -0.1) is 5.06 Å². The second kappa shape index (κ2) is 12.3. The van der Waals surface area contributed by atoms with E-state index in [1.165, 1.54) is 6.92 Å². The number of amides is 3. The Balaban J connectivity index is 2.38. The molecular formula is C18H27N5O7. The Morgan fingerprint density at radius 1 is 1.13 bits per heavy atom. The summed E-state index contributed by atoms with van der Waals surface area (Å²) in [5.41, 5.74) is 10.5. The quantitative estimate of drug-likeness (QED) is 0.106. The number of carbonyl (C=O) groups excluding carboxylic acids is 6. The second-order valence-electron chi connectivity index (χ2n) is 6.85. The third kappa shape index (κ3) is 9.26. The Hall–Kier alpha value is -3.31. The van der Waals surface area contributed by atoms with E-state index in [0.717, 1.165) is 0 Å². The molecule has 0 aliphatic carbocycles. The Morgan fingerprint density at radius 2 is 1.77 bits per heavy atom. The molecule has 5 N–H and O–H groups in total. The van der Waals surface area contributed by atoms with Gasteiger partial charge in [0.2, 0.25) is 5.91 Å². The van der Waals surface area contributed by atoms with Crippen LogP contribution in [0.1, 0.15) is 51.9 Å². The first-order valence-corrected chi connectivity index (χ1v) is 9.51. The zero-order chi connectivity index (χ0) is 22.7. The molecule has 1 aliphatic rings. The molecule has 1 fully saturated rings. The van der Waals surface area contributed by atoms with Gasteiger partial charge in [-0.2, -0.15) is 0 Å². The molecule has 0 aromatic carbocycles. The SMILES string of the molecule is C[13C](=O)CC(CCCN=C(N)N)C(=O)NCC(=O)CCC(=O)ON1C(=O)CCC1=O. The molecular weight excluding hydrogens is 399 g/mol. The van der Waals surface area contributed by atoms with E-state index in [4.69, 9.17) is 11.5 Å². The number of hydrogen-bond donors (Lipinski definition) is 3. The summed E-state index contributed by atoms with van der Waals surface area (Å²) >= 11 is 0. The van der Waals surface area contributed by atoms with Crippen molar-refractivity contribution in [2.75, 3.05) is 13.1 Å². The van der Waals surface area contributed by atoms with Crippen LogP contribution in [0.15, 0.2) is 4.99 Å². The van der Waals surface area contributed by atoms with Crippen LogP contribution < -0.4 is 16.8 Å². The van der Waals surface area contributed by atoms with Crippen molar-refractivity contribution in [1.29, 1.82) is 0 Å². The maximum atomic E-state index is 12.3. The minimum absolute atomic E-state index is 0.0199. The molecule has 0 saturated carbocycles. The van der Waals surface area contributed by atoms with Gasteiger partial charge in [0.05, 0.1) is 13.0 Å². The molecule has 1 saturated heterocycles. The van der Waals surface area contributed by atoms with Crippen LogP contribution in [-0.4, -0.2) is 59.4 Å². The number of imide groups is 1. The first-order valence-electron chi connectivity index (χ1n) is 9.51. The third-order valence-corrected chi connectivity index (χ3v) is 4.18. The molecule has 12 heteroatoms. The van der Waals surface area contributed by atoms with Crippen LogP contribution >= 0.6 is 0 Å². The van der Waals surface area contributed by atoms with Gasteiger partial charge >= 0.3 is 5.97 Å². The van der Waals surface area contributed by atoms with Crippen molar-refractivity contribution in [2.45, 2.75) is 51.9 Å². The lowest BCUT2D eigenvalue weighted by Gasteiger charge is -2.15. The smallest absolute Gasteiger partial charge is 0.333 e. The van der Waals surface area contributed by atoms with E-state index in [1.807, 2.05) is 0 Å². The second-order valence-corrected chi connectivity index (χ2v) is 6.85. The number of Topliss-reactive ketones (excluding diaryl/α,β-unsaturated/α-hetero) is 2. The summed E-state index contributed by atoms with van der Waals surface area (Å²) in [6, 6.07) is 0. The molecule has 3 amide bonds. The van der Waals surface area contributed by atoms with E-state index in [2.05, 4.69) is 15.1 Å². The van der Waals surface area contributed by atoms with E-state index in [0.29, 0.717) is 24.4 Å². The predicted molar refractivity (Wildman–Crippen MR) is 103 cm³/mol. The first kappa shape index (κ1) is 24.7. The standard InChI is InChI=1S/C18H27N5O7/c1-11(24)9-12(3-2-8-21-18(19)20)17(29)22-10-13(25)4-7-16(28)30-23-14(26)5-6-15(23)27/h12H,2-10H2,1H3,(H,22,29)(H4,19,20,21)/i11+1. The van der Waals surface area contributed by atoms with Gasteiger partial charge in [0.25, 0.3) is 11.8 Å². The predicted octanol–water partition coefficient (Wildman–Crippen LogP) is -1.29. The van der Waals surface area contributed by atoms with Crippen molar-refractivity contribution in [3.8, 4) is 0 Å². The highest BCUT2D eigenvalue weighted by Crippen LogP contribution is 2.14. The molecule has 166 valence electrons. The highest BCUT2D eigenvalue weighted by molar-refractivity contribution is 6.01. The van der Waals surface area contributed by atoms with E-state index >= 15 is 0 Å². The zero-order valence-electron chi connectivity index (χ0n) is 16.8. The lowest BCUT2D eigenvalue weighted by atomic mass is 10.0. The fraction of sp³-hybridized carbons (Fsp3) is 0.611. The number of hydroxylamine groups is 2. The van der Waals surface area contributed by atoms with Gasteiger partial charge in [-0.1, -0.05) is 0 Å². The molecule has 30 heavy (non-hydrogen) atoms. The van der Waals surface area contributed by atoms with Gasteiger partial charge < -0.3 is 26.4 Å². The molecule has 0 spiro atoms.